The Kier molecular flexibility index (Phi) is 2.58. The van der Waals surface area contributed by atoms with E-state index in [0.717, 1.165) is 0 Å². The van der Waals surface area contributed by atoms with E-state index in [0.29, 0.717) is 29.1 Å². The van der Waals surface area contributed by atoms with Gasteiger partial charge in [-0.25, -0.2) is 8.78 Å². The van der Waals surface area contributed by atoms with E-state index in [-0.39, 0.29) is 5.56 Å². The van der Waals surface area contributed by atoms with Crippen LogP contribution in [0.4, 0.5) is 14.5 Å². The van der Waals surface area contributed by atoms with Gasteiger partial charge in [0.05, 0.1) is 5.69 Å². The van der Waals surface area contributed by atoms with Crippen LogP contribution in [0.1, 0.15) is 12.0 Å². The number of halogens is 3. The highest BCUT2D eigenvalue weighted by Gasteiger charge is 2.17. The third kappa shape index (κ3) is 1.68. The van der Waals surface area contributed by atoms with E-state index in [1.54, 1.807) is 6.07 Å². The van der Waals surface area contributed by atoms with Crippen LogP contribution in [0, 0.1) is 0 Å². The molecule has 0 aliphatic carbocycles. The first-order valence-electron chi connectivity index (χ1n) is 4.17. The summed E-state index contributed by atoms with van der Waals surface area (Å²) in [5.74, 6) is 0.618. The molecular weight excluding hydrogens is 256 g/mol. The second kappa shape index (κ2) is 3.73. The van der Waals surface area contributed by atoms with Crippen LogP contribution >= 0.6 is 15.9 Å². The summed E-state index contributed by atoms with van der Waals surface area (Å²) in [6.45, 7) is 1.21. The zero-order valence-corrected chi connectivity index (χ0v) is 8.77. The lowest BCUT2D eigenvalue weighted by molar-refractivity contribution is 0.150. The quantitative estimate of drug-likeness (QED) is 0.841. The Balaban J connectivity index is 2.45. The first kappa shape index (κ1) is 9.71. The third-order valence-corrected chi connectivity index (χ3v) is 2.70. The second-order valence-electron chi connectivity index (χ2n) is 2.95. The van der Waals surface area contributed by atoms with Crippen molar-refractivity contribution >= 4 is 21.6 Å². The lowest BCUT2D eigenvalue weighted by Gasteiger charge is -2.20. The van der Waals surface area contributed by atoms with Crippen molar-refractivity contribution in [1.82, 2.24) is 0 Å². The number of hydrogen-bond acceptors (Lipinski definition) is 2. The Morgan fingerprint density at radius 1 is 1.43 bits per heavy atom. The number of fused-ring (bicyclic) bond motifs is 1. The molecule has 0 saturated carbocycles. The number of hydrogen-bond donors (Lipinski definition) is 1. The second-order valence-corrected chi connectivity index (χ2v) is 3.80. The molecule has 76 valence electrons. The van der Waals surface area contributed by atoms with Crippen LogP contribution in [0.5, 0.6) is 5.75 Å². The molecule has 1 aromatic carbocycles. The van der Waals surface area contributed by atoms with Gasteiger partial charge in [0.15, 0.2) is 0 Å². The molecule has 0 radical (unpaired) electrons. The minimum absolute atomic E-state index is 0.0123. The molecule has 5 heteroatoms. The first-order valence-corrected chi connectivity index (χ1v) is 4.96. The van der Waals surface area contributed by atoms with Crippen LogP contribution in [-0.4, -0.2) is 13.2 Å². The summed E-state index contributed by atoms with van der Waals surface area (Å²) in [4.78, 5) is 0. The van der Waals surface area contributed by atoms with Gasteiger partial charge in [0, 0.05) is 16.6 Å². The van der Waals surface area contributed by atoms with E-state index in [1.807, 2.05) is 0 Å². The van der Waals surface area contributed by atoms with Crippen LogP contribution in [0.25, 0.3) is 0 Å². The van der Waals surface area contributed by atoms with E-state index in [9.17, 15) is 8.78 Å². The van der Waals surface area contributed by atoms with Crippen LogP contribution in [-0.2, 0) is 0 Å². The van der Waals surface area contributed by atoms with Gasteiger partial charge < -0.3 is 10.1 Å². The molecule has 2 nitrogen and oxygen atoms in total. The van der Waals surface area contributed by atoms with Gasteiger partial charge in [0.25, 0.3) is 6.43 Å². The lowest BCUT2D eigenvalue weighted by Crippen LogP contribution is -2.18. The summed E-state index contributed by atoms with van der Waals surface area (Å²) < 4.78 is 30.7. The van der Waals surface area contributed by atoms with Crippen LogP contribution in [0.15, 0.2) is 16.6 Å². The van der Waals surface area contributed by atoms with Gasteiger partial charge in [-0.05, 0) is 12.1 Å². The van der Waals surface area contributed by atoms with Crippen LogP contribution in [0.3, 0.4) is 0 Å². The van der Waals surface area contributed by atoms with Crippen molar-refractivity contribution in [3.8, 4) is 5.75 Å². The average Bonchev–Trinajstić information content (AvgIpc) is 2.16. The van der Waals surface area contributed by atoms with Gasteiger partial charge in [0.1, 0.15) is 12.4 Å². The normalized spacial score (nSPS) is 14.6. The Morgan fingerprint density at radius 2 is 2.21 bits per heavy atom. The van der Waals surface area contributed by atoms with Crippen molar-refractivity contribution in [2.24, 2.45) is 0 Å². The van der Waals surface area contributed by atoms with Crippen molar-refractivity contribution in [1.29, 1.82) is 0 Å². The standard InChI is InChI=1S/C9H8BrF2NO/c10-6-4-8-7(13-1-2-14-8)3-5(6)9(11)12/h3-4,9,13H,1-2H2. The maximum absolute atomic E-state index is 12.5. The lowest BCUT2D eigenvalue weighted by atomic mass is 10.2. The zero-order valence-electron chi connectivity index (χ0n) is 7.19. The summed E-state index contributed by atoms with van der Waals surface area (Å²) in [6, 6.07) is 2.99. The fourth-order valence-electron chi connectivity index (χ4n) is 1.34. The minimum Gasteiger partial charge on any atom is -0.490 e. The summed E-state index contributed by atoms with van der Waals surface area (Å²) in [7, 11) is 0. The maximum Gasteiger partial charge on any atom is 0.265 e. The topological polar surface area (TPSA) is 21.3 Å². The molecule has 0 saturated heterocycles. The number of rotatable bonds is 1. The van der Waals surface area contributed by atoms with E-state index >= 15 is 0 Å². The fourth-order valence-corrected chi connectivity index (χ4v) is 1.84. The molecule has 0 unspecified atom stereocenters. The van der Waals surface area contributed by atoms with Crippen molar-refractivity contribution < 1.29 is 13.5 Å². The highest BCUT2D eigenvalue weighted by Crippen LogP contribution is 2.37. The maximum atomic E-state index is 12.5. The Morgan fingerprint density at radius 3 is 2.93 bits per heavy atom. The molecule has 0 spiro atoms. The molecule has 1 aliphatic rings. The Bertz CT molecular complexity index is 357. The summed E-state index contributed by atoms with van der Waals surface area (Å²) in [5.41, 5.74) is 0.622. The molecule has 0 atom stereocenters. The summed E-state index contributed by atoms with van der Waals surface area (Å²) >= 11 is 3.09. The summed E-state index contributed by atoms with van der Waals surface area (Å²) in [6.07, 6.45) is -2.47. The van der Waals surface area contributed by atoms with E-state index < -0.39 is 6.43 Å². The zero-order chi connectivity index (χ0) is 10.1. The molecule has 0 bridgehead atoms. The van der Waals surface area contributed by atoms with Gasteiger partial charge in [-0.3, -0.25) is 0 Å². The number of benzene rings is 1. The van der Waals surface area contributed by atoms with E-state index in [4.69, 9.17) is 4.74 Å². The van der Waals surface area contributed by atoms with Gasteiger partial charge >= 0.3 is 0 Å². The molecular formula is C9H8BrF2NO. The van der Waals surface area contributed by atoms with E-state index in [2.05, 4.69) is 21.2 Å². The van der Waals surface area contributed by atoms with Gasteiger partial charge in [0.2, 0.25) is 0 Å². The monoisotopic (exact) mass is 263 g/mol. The summed E-state index contributed by atoms with van der Waals surface area (Å²) in [5, 5.41) is 3.01. The SMILES string of the molecule is FC(F)c1cc2c(cc1Br)OCCN2. The smallest absolute Gasteiger partial charge is 0.265 e. The largest absolute Gasteiger partial charge is 0.490 e. The van der Waals surface area contributed by atoms with Crippen molar-refractivity contribution in [3.05, 3.63) is 22.2 Å². The highest BCUT2D eigenvalue weighted by atomic mass is 79.9. The molecule has 0 aromatic heterocycles. The van der Waals surface area contributed by atoms with Crippen LogP contribution < -0.4 is 10.1 Å². The van der Waals surface area contributed by atoms with Crippen molar-refractivity contribution in [3.63, 3.8) is 0 Å². The predicted octanol–water partition coefficient (Wildman–Crippen LogP) is 3.19. The number of anilines is 1. The van der Waals surface area contributed by atoms with Gasteiger partial charge in [-0.2, -0.15) is 0 Å². The van der Waals surface area contributed by atoms with Gasteiger partial charge in [-0.15, -0.1) is 0 Å². The average molecular weight is 264 g/mol. The Labute approximate surface area is 88.4 Å². The number of nitrogens with one attached hydrogen (secondary N) is 1. The molecule has 0 amide bonds. The predicted molar refractivity (Wildman–Crippen MR) is 53.1 cm³/mol. The highest BCUT2D eigenvalue weighted by molar-refractivity contribution is 9.10. The number of alkyl halides is 2. The molecule has 1 aromatic rings. The third-order valence-electron chi connectivity index (χ3n) is 2.01. The molecule has 1 N–H and O–H groups in total. The molecule has 1 heterocycles. The van der Waals surface area contributed by atoms with Crippen molar-refractivity contribution in [2.45, 2.75) is 6.43 Å². The molecule has 0 fully saturated rings. The fraction of sp³-hybridized carbons (Fsp3) is 0.333. The van der Waals surface area contributed by atoms with Crippen LogP contribution in [0.2, 0.25) is 0 Å². The van der Waals surface area contributed by atoms with Gasteiger partial charge in [-0.1, -0.05) is 15.9 Å². The first-order chi connectivity index (χ1) is 6.68. The van der Waals surface area contributed by atoms with Crippen molar-refractivity contribution in [2.75, 3.05) is 18.5 Å². The molecule has 14 heavy (non-hydrogen) atoms. The minimum atomic E-state index is -2.47. The number of ether oxygens (including phenoxy) is 1. The molecule has 2 rings (SSSR count). The Hall–Kier alpha value is -0.840. The molecule has 1 aliphatic heterocycles. The van der Waals surface area contributed by atoms with E-state index in [1.165, 1.54) is 6.07 Å².